The zero-order chi connectivity index (χ0) is 13.0. The first kappa shape index (κ1) is 12.0. The van der Waals surface area contributed by atoms with Gasteiger partial charge in [0.15, 0.2) is 5.65 Å². The van der Waals surface area contributed by atoms with E-state index < -0.39 is 0 Å². The van der Waals surface area contributed by atoms with Crippen molar-refractivity contribution >= 4 is 28.8 Å². The minimum atomic E-state index is -0.366. The van der Waals surface area contributed by atoms with Crippen LogP contribution >= 0.6 is 0 Å². The summed E-state index contributed by atoms with van der Waals surface area (Å²) in [5.41, 5.74) is 2.85. The summed E-state index contributed by atoms with van der Waals surface area (Å²) < 4.78 is 4.81. The lowest BCUT2D eigenvalue weighted by Gasteiger charge is -2.07. The number of carbonyl (C=O) groups is 1. The van der Waals surface area contributed by atoms with Gasteiger partial charge in [-0.25, -0.2) is 5.84 Å². The Balaban J connectivity index is 2.20. The fraction of sp³-hybridized carbons (Fsp3) is 0.333. The largest absolute Gasteiger partial charge is 0.465 e. The number of hydrazine groups is 1. The van der Waals surface area contributed by atoms with Crippen molar-refractivity contribution in [2.75, 3.05) is 23.9 Å². The standard InChI is InChI=1S/C9H13N7O2/c1-2-18-6(17)4-11-7-5-3-12-16-8(5)14-9(13-7)15-10/h3H,2,4,10H2,1H3,(H3,11,12,13,14,15,16). The Morgan fingerprint density at radius 3 is 3.11 bits per heavy atom. The fourth-order valence-corrected chi connectivity index (χ4v) is 1.40. The van der Waals surface area contributed by atoms with Gasteiger partial charge < -0.3 is 10.1 Å². The molecule has 0 unspecified atom stereocenters. The summed E-state index contributed by atoms with van der Waals surface area (Å²) in [6, 6.07) is 0. The molecule has 96 valence electrons. The first-order valence-electron chi connectivity index (χ1n) is 5.31. The molecule has 0 aliphatic heterocycles. The first-order chi connectivity index (χ1) is 8.74. The van der Waals surface area contributed by atoms with E-state index in [-0.39, 0.29) is 18.5 Å². The topological polar surface area (TPSA) is 131 Å². The van der Waals surface area contributed by atoms with E-state index in [4.69, 9.17) is 10.6 Å². The van der Waals surface area contributed by atoms with Crippen molar-refractivity contribution in [3.63, 3.8) is 0 Å². The minimum Gasteiger partial charge on any atom is -0.465 e. The molecule has 2 rings (SSSR count). The Morgan fingerprint density at radius 1 is 1.56 bits per heavy atom. The van der Waals surface area contributed by atoms with Crippen molar-refractivity contribution in [3.8, 4) is 0 Å². The Morgan fingerprint density at radius 2 is 2.39 bits per heavy atom. The van der Waals surface area contributed by atoms with Gasteiger partial charge in [-0.15, -0.1) is 0 Å². The average molecular weight is 251 g/mol. The van der Waals surface area contributed by atoms with Gasteiger partial charge in [0.25, 0.3) is 0 Å². The molecule has 0 saturated heterocycles. The van der Waals surface area contributed by atoms with Crippen molar-refractivity contribution < 1.29 is 9.53 Å². The molecule has 0 fully saturated rings. The predicted octanol–water partition coefficient (Wildman–Crippen LogP) is -0.387. The summed E-state index contributed by atoms with van der Waals surface area (Å²) in [5, 5.41) is 10.1. The SMILES string of the molecule is CCOC(=O)CNc1nc(NN)nc2[nH]ncc12. The number of nitrogens with two attached hydrogens (primary N) is 1. The molecule has 0 bridgehead atoms. The quantitative estimate of drug-likeness (QED) is 0.321. The van der Waals surface area contributed by atoms with E-state index in [1.54, 1.807) is 13.1 Å². The van der Waals surface area contributed by atoms with Crippen molar-refractivity contribution in [3.05, 3.63) is 6.20 Å². The van der Waals surface area contributed by atoms with Crippen molar-refractivity contribution in [1.29, 1.82) is 0 Å². The Hall–Kier alpha value is -2.42. The van der Waals surface area contributed by atoms with E-state index in [1.807, 2.05) is 0 Å². The molecule has 0 aliphatic rings. The fourth-order valence-electron chi connectivity index (χ4n) is 1.40. The number of nitrogens with zero attached hydrogens (tertiary/aromatic N) is 3. The van der Waals surface area contributed by atoms with Crippen molar-refractivity contribution in [2.24, 2.45) is 5.84 Å². The normalized spacial score (nSPS) is 10.3. The number of rotatable bonds is 5. The maximum atomic E-state index is 11.3. The minimum absolute atomic E-state index is 0.00907. The Bertz CT molecular complexity index is 553. The van der Waals surface area contributed by atoms with Gasteiger partial charge in [0.2, 0.25) is 5.95 Å². The number of aromatic amines is 1. The third-order valence-corrected chi connectivity index (χ3v) is 2.14. The van der Waals surface area contributed by atoms with Crippen LogP contribution in [0.25, 0.3) is 11.0 Å². The number of aromatic nitrogens is 4. The molecule has 0 radical (unpaired) electrons. The number of H-pyrrole nitrogens is 1. The first-order valence-corrected chi connectivity index (χ1v) is 5.31. The summed E-state index contributed by atoms with van der Waals surface area (Å²) in [6.07, 6.45) is 1.56. The van der Waals surface area contributed by atoms with Gasteiger partial charge in [-0.3, -0.25) is 15.3 Å². The zero-order valence-corrected chi connectivity index (χ0v) is 9.73. The Labute approximate surface area is 102 Å². The molecule has 2 aromatic heterocycles. The molecule has 2 heterocycles. The molecule has 0 amide bonds. The van der Waals surface area contributed by atoms with Gasteiger partial charge >= 0.3 is 5.97 Å². The van der Waals surface area contributed by atoms with Gasteiger partial charge in [-0.1, -0.05) is 0 Å². The van der Waals surface area contributed by atoms with Crippen LogP contribution in [0.1, 0.15) is 6.92 Å². The molecule has 0 spiro atoms. The van der Waals surface area contributed by atoms with Crippen LogP contribution in [0.3, 0.4) is 0 Å². The van der Waals surface area contributed by atoms with E-state index in [2.05, 4.69) is 30.9 Å². The van der Waals surface area contributed by atoms with Gasteiger partial charge in [-0.2, -0.15) is 15.1 Å². The number of ether oxygens (including phenoxy) is 1. The molecule has 18 heavy (non-hydrogen) atoms. The molecule has 0 atom stereocenters. The number of nitrogens with one attached hydrogen (secondary N) is 3. The summed E-state index contributed by atoms with van der Waals surface area (Å²) in [7, 11) is 0. The van der Waals surface area contributed by atoms with Crippen LogP contribution in [0.4, 0.5) is 11.8 Å². The van der Waals surface area contributed by atoms with E-state index in [9.17, 15) is 4.79 Å². The van der Waals surface area contributed by atoms with Crippen LogP contribution in [-0.4, -0.2) is 39.3 Å². The molecular weight excluding hydrogens is 238 g/mol. The molecule has 0 aromatic carbocycles. The number of carbonyl (C=O) groups excluding carboxylic acids is 1. The number of hydrogen-bond donors (Lipinski definition) is 4. The predicted molar refractivity (Wildman–Crippen MR) is 64.6 cm³/mol. The van der Waals surface area contributed by atoms with Crippen molar-refractivity contribution in [2.45, 2.75) is 6.92 Å². The molecular formula is C9H13N7O2. The summed E-state index contributed by atoms with van der Waals surface area (Å²) in [5.74, 6) is 5.56. The summed E-state index contributed by atoms with van der Waals surface area (Å²) in [6.45, 7) is 2.09. The highest BCUT2D eigenvalue weighted by Crippen LogP contribution is 2.19. The van der Waals surface area contributed by atoms with Crippen LogP contribution in [-0.2, 0) is 9.53 Å². The number of anilines is 2. The Kier molecular flexibility index (Phi) is 3.53. The van der Waals surface area contributed by atoms with E-state index in [0.717, 1.165) is 0 Å². The molecule has 5 N–H and O–H groups in total. The van der Waals surface area contributed by atoms with Gasteiger partial charge in [0.1, 0.15) is 12.4 Å². The van der Waals surface area contributed by atoms with E-state index in [1.165, 1.54) is 0 Å². The second kappa shape index (κ2) is 5.27. The maximum absolute atomic E-state index is 11.3. The number of nitrogen functional groups attached to an aromatic ring is 1. The highest BCUT2D eigenvalue weighted by atomic mass is 16.5. The zero-order valence-electron chi connectivity index (χ0n) is 9.73. The molecule has 0 saturated carbocycles. The number of fused-ring (bicyclic) bond motifs is 1. The lowest BCUT2D eigenvalue weighted by Crippen LogP contribution is -2.18. The lowest BCUT2D eigenvalue weighted by molar-refractivity contribution is -0.140. The average Bonchev–Trinajstić information content (AvgIpc) is 2.84. The molecule has 9 nitrogen and oxygen atoms in total. The third-order valence-electron chi connectivity index (χ3n) is 2.14. The van der Waals surface area contributed by atoms with Gasteiger partial charge in [-0.05, 0) is 6.92 Å². The second-order valence-electron chi connectivity index (χ2n) is 3.33. The highest BCUT2D eigenvalue weighted by Gasteiger charge is 2.10. The highest BCUT2D eigenvalue weighted by molar-refractivity contribution is 5.88. The lowest BCUT2D eigenvalue weighted by atomic mass is 10.4. The van der Waals surface area contributed by atoms with E-state index >= 15 is 0 Å². The molecule has 9 heteroatoms. The number of hydrogen-bond acceptors (Lipinski definition) is 8. The van der Waals surface area contributed by atoms with Crippen LogP contribution < -0.4 is 16.6 Å². The molecule has 0 aliphatic carbocycles. The second-order valence-corrected chi connectivity index (χ2v) is 3.33. The van der Waals surface area contributed by atoms with Crippen molar-refractivity contribution in [1.82, 2.24) is 20.2 Å². The molecule has 2 aromatic rings. The third kappa shape index (κ3) is 2.46. The van der Waals surface area contributed by atoms with Crippen LogP contribution in [0.5, 0.6) is 0 Å². The smallest absolute Gasteiger partial charge is 0.325 e. The van der Waals surface area contributed by atoms with E-state index in [0.29, 0.717) is 23.5 Å². The van der Waals surface area contributed by atoms with Crippen LogP contribution in [0.2, 0.25) is 0 Å². The maximum Gasteiger partial charge on any atom is 0.325 e. The number of esters is 1. The summed E-state index contributed by atoms with van der Waals surface area (Å²) >= 11 is 0. The van der Waals surface area contributed by atoms with Gasteiger partial charge in [0, 0.05) is 0 Å². The van der Waals surface area contributed by atoms with Crippen LogP contribution in [0.15, 0.2) is 6.20 Å². The monoisotopic (exact) mass is 251 g/mol. The van der Waals surface area contributed by atoms with Crippen LogP contribution in [0, 0.1) is 0 Å². The summed E-state index contributed by atoms with van der Waals surface area (Å²) in [4.78, 5) is 19.4. The van der Waals surface area contributed by atoms with Gasteiger partial charge in [0.05, 0.1) is 18.2 Å².